The Hall–Kier alpha value is 0.137. The molecule has 0 aromatic carbocycles. The molecule has 0 bridgehead atoms. The molecule has 0 radical (unpaired) electrons. The lowest BCUT2D eigenvalue weighted by molar-refractivity contribution is 0.180. The Morgan fingerprint density at radius 3 is 0.750 bits per heavy atom. The lowest BCUT2D eigenvalue weighted by Gasteiger charge is -2.30. The third-order valence-electron chi connectivity index (χ3n) is 7.89. The maximum atomic E-state index is 6.39. The van der Waals surface area contributed by atoms with E-state index < -0.39 is 8.56 Å². The molecule has 0 spiro atoms. The van der Waals surface area contributed by atoms with Crippen LogP contribution in [-0.2, 0) is 8.85 Å². The van der Waals surface area contributed by atoms with E-state index in [0.717, 1.165) is 13.2 Å². The Bertz CT molecular complexity index is 395. The second-order valence-electron chi connectivity index (χ2n) is 11.4. The van der Waals surface area contributed by atoms with Crippen molar-refractivity contribution in [1.29, 1.82) is 0 Å². The van der Waals surface area contributed by atoms with Gasteiger partial charge >= 0.3 is 8.56 Å². The van der Waals surface area contributed by atoms with Gasteiger partial charge in [-0.25, -0.2) is 0 Å². The first-order chi connectivity index (χ1) is 17.7. The summed E-state index contributed by atoms with van der Waals surface area (Å²) in [6, 6.07) is 2.43. The van der Waals surface area contributed by atoms with E-state index in [0.29, 0.717) is 0 Å². The zero-order valence-corrected chi connectivity index (χ0v) is 26.8. The molecule has 36 heavy (non-hydrogen) atoms. The minimum absolute atomic E-state index is 0.822. The fourth-order valence-electron chi connectivity index (χ4n) is 5.63. The van der Waals surface area contributed by atoms with Crippen LogP contribution in [0.4, 0.5) is 0 Å². The predicted molar refractivity (Wildman–Crippen MR) is 165 cm³/mol. The minimum atomic E-state index is -1.99. The van der Waals surface area contributed by atoms with Gasteiger partial charge in [0.2, 0.25) is 0 Å². The summed E-state index contributed by atoms with van der Waals surface area (Å²) in [5.41, 5.74) is 0. The van der Waals surface area contributed by atoms with Crippen LogP contribution >= 0.6 is 0 Å². The lowest BCUT2D eigenvalue weighted by atomic mass is 10.1. The van der Waals surface area contributed by atoms with Crippen LogP contribution in [0.1, 0.15) is 188 Å². The van der Waals surface area contributed by atoms with Crippen LogP contribution in [-0.4, -0.2) is 21.8 Å². The highest BCUT2D eigenvalue weighted by Gasteiger charge is 2.35. The van der Waals surface area contributed by atoms with Crippen LogP contribution in [0.15, 0.2) is 0 Å². The summed E-state index contributed by atoms with van der Waals surface area (Å²) >= 11 is 0. The zero-order chi connectivity index (χ0) is 26.4. The van der Waals surface area contributed by atoms with E-state index in [1.165, 1.54) is 173 Å². The molecule has 0 amide bonds. The molecule has 0 aliphatic heterocycles. The fraction of sp³-hybridized carbons (Fsp3) is 1.00. The molecule has 218 valence electrons. The zero-order valence-electron chi connectivity index (χ0n) is 25.8. The standard InChI is InChI=1S/C33H70O2Si/c1-5-9-11-13-15-17-19-21-23-25-27-29-31-33-36(34-7-3,35-8-4)32-30-28-26-24-22-20-18-16-14-12-10-6-2/h5-33H2,1-4H3. The molecular weight excluding hydrogens is 456 g/mol. The normalized spacial score (nSPS) is 12.0. The van der Waals surface area contributed by atoms with Gasteiger partial charge in [-0.3, -0.25) is 0 Å². The molecule has 0 rings (SSSR count). The maximum Gasteiger partial charge on any atom is 0.338 e. The molecule has 0 unspecified atom stereocenters. The molecule has 0 atom stereocenters. The SMILES string of the molecule is CCCCCCCCCCCCCCC[Si](CCCCCCCCCCCCCC)(OCC)OCC. The average molecular weight is 527 g/mol. The summed E-state index contributed by atoms with van der Waals surface area (Å²) in [5, 5.41) is 0. The van der Waals surface area contributed by atoms with Gasteiger partial charge in [-0.05, 0) is 25.9 Å². The van der Waals surface area contributed by atoms with Crippen molar-refractivity contribution in [3.63, 3.8) is 0 Å². The van der Waals surface area contributed by atoms with Gasteiger partial charge in [-0.15, -0.1) is 0 Å². The molecule has 0 saturated carbocycles. The van der Waals surface area contributed by atoms with Gasteiger partial charge in [0.1, 0.15) is 0 Å². The maximum absolute atomic E-state index is 6.39. The number of hydrogen-bond donors (Lipinski definition) is 0. The van der Waals surface area contributed by atoms with E-state index in [2.05, 4.69) is 27.7 Å². The van der Waals surface area contributed by atoms with Crippen LogP contribution in [0, 0.1) is 0 Å². The van der Waals surface area contributed by atoms with E-state index in [-0.39, 0.29) is 0 Å². The van der Waals surface area contributed by atoms with Gasteiger partial charge in [-0.2, -0.15) is 0 Å². The highest BCUT2D eigenvalue weighted by Crippen LogP contribution is 2.26. The molecule has 0 aliphatic carbocycles. The molecule has 0 fully saturated rings. The van der Waals surface area contributed by atoms with Crippen molar-refractivity contribution in [1.82, 2.24) is 0 Å². The molecule has 0 saturated heterocycles. The summed E-state index contributed by atoms with van der Waals surface area (Å²) in [6.45, 7) is 10.6. The fourth-order valence-corrected chi connectivity index (χ4v) is 9.17. The lowest BCUT2D eigenvalue weighted by Crippen LogP contribution is -2.42. The molecule has 0 aromatic rings. The van der Waals surface area contributed by atoms with Crippen LogP contribution in [0.5, 0.6) is 0 Å². The van der Waals surface area contributed by atoms with Gasteiger partial charge in [-0.1, -0.05) is 174 Å². The van der Waals surface area contributed by atoms with Crippen LogP contribution in [0.2, 0.25) is 12.1 Å². The summed E-state index contributed by atoms with van der Waals surface area (Å²) in [7, 11) is -1.99. The number of rotatable bonds is 31. The van der Waals surface area contributed by atoms with Crippen LogP contribution < -0.4 is 0 Å². The Kier molecular flexibility index (Phi) is 29.8. The Morgan fingerprint density at radius 2 is 0.528 bits per heavy atom. The van der Waals surface area contributed by atoms with Crippen molar-refractivity contribution in [3.8, 4) is 0 Å². The first-order valence-corrected chi connectivity index (χ1v) is 19.3. The van der Waals surface area contributed by atoms with Gasteiger partial charge < -0.3 is 8.85 Å². The number of unbranched alkanes of at least 4 members (excludes halogenated alkanes) is 23. The summed E-state index contributed by atoms with van der Waals surface area (Å²) in [4.78, 5) is 0. The van der Waals surface area contributed by atoms with Gasteiger partial charge in [0.25, 0.3) is 0 Å². The topological polar surface area (TPSA) is 18.5 Å². The molecule has 0 heterocycles. The van der Waals surface area contributed by atoms with E-state index in [1.54, 1.807) is 0 Å². The van der Waals surface area contributed by atoms with Gasteiger partial charge in [0.15, 0.2) is 0 Å². The van der Waals surface area contributed by atoms with E-state index in [4.69, 9.17) is 8.85 Å². The second kappa shape index (κ2) is 29.7. The quantitative estimate of drug-likeness (QED) is 0.0660. The Morgan fingerprint density at radius 1 is 0.306 bits per heavy atom. The van der Waals surface area contributed by atoms with Crippen molar-refractivity contribution >= 4 is 8.56 Å². The Labute approximate surface area is 230 Å². The molecule has 0 aliphatic rings. The second-order valence-corrected chi connectivity index (χ2v) is 14.8. The van der Waals surface area contributed by atoms with E-state index in [9.17, 15) is 0 Å². The largest absolute Gasteiger partial charge is 0.394 e. The summed E-state index contributed by atoms with van der Waals surface area (Å²) < 4.78 is 12.8. The van der Waals surface area contributed by atoms with Gasteiger partial charge in [0.05, 0.1) is 0 Å². The predicted octanol–water partition coefficient (Wildman–Crippen LogP) is 12.3. The smallest absolute Gasteiger partial charge is 0.338 e. The molecule has 0 aromatic heterocycles. The molecule has 2 nitrogen and oxygen atoms in total. The highest BCUT2D eigenvalue weighted by atomic mass is 28.4. The minimum Gasteiger partial charge on any atom is -0.394 e. The van der Waals surface area contributed by atoms with E-state index >= 15 is 0 Å². The first-order valence-electron chi connectivity index (χ1n) is 17.0. The van der Waals surface area contributed by atoms with Gasteiger partial charge in [0, 0.05) is 13.2 Å². The van der Waals surface area contributed by atoms with Crippen molar-refractivity contribution in [2.45, 2.75) is 200 Å². The van der Waals surface area contributed by atoms with Crippen LogP contribution in [0.25, 0.3) is 0 Å². The summed E-state index contributed by atoms with van der Waals surface area (Å²) in [5.74, 6) is 0. The van der Waals surface area contributed by atoms with E-state index in [1.807, 2.05) is 0 Å². The Balaban J connectivity index is 3.82. The average Bonchev–Trinajstić information content (AvgIpc) is 2.88. The van der Waals surface area contributed by atoms with Crippen molar-refractivity contribution in [3.05, 3.63) is 0 Å². The van der Waals surface area contributed by atoms with Crippen molar-refractivity contribution in [2.75, 3.05) is 13.2 Å². The van der Waals surface area contributed by atoms with Crippen molar-refractivity contribution in [2.24, 2.45) is 0 Å². The van der Waals surface area contributed by atoms with Crippen molar-refractivity contribution < 1.29 is 8.85 Å². The van der Waals surface area contributed by atoms with Crippen LogP contribution in [0.3, 0.4) is 0 Å². The third-order valence-corrected chi connectivity index (χ3v) is 11.7. The first kappa shape index (κ1) is 36.1. The number of hydrogen-bond acceptors (Lipinski definition) is 2. The monoisotopic (exact) mass is 527 g/mol. The summed E-state index contributed by atoms with van der Waals surface area (Å²) in [6.07, 6.45) is 35.4. The molecule has 0 N–H and O–H groups in total. The highest BCUT2D eigenvalue weighted by molar-refractivity contribution is 6.67. The molecular formula is C33H70O2Si. The third kappa shape index (κ3) is 24.5. The molecule has 3 heteroatoms.